The molecule has 2 N–H and O–H groups in total. The molecule has 13 nitrogen and oxygen atoms in total. The number of benzene rings is 2. The fourth-order valence-electron chi connectivity index (χ4n) is 5.40. The SMILES string of the molecule is CN(C)C(=O)c1ccc(-c2nnc(C3=CCN(C(=O)C(C)(C)C)CC3)s2)cc1Cl.CN(C)C(=O)c1ccc(-c2nnc(C3=CCNCC3)s2)cc1Cl.O=C(O)C(F)(F)F. The van der Waals surface area contributed by atoms with Crippen LogP contribution in [-0.4, -0.2) is 124 Å². The van der Waals surface area contributed by atoms with E-state index in [9.17, 15) is 27.6 Å². The molecule has 2 aliphatic rings. The van der Waals surface area contributed by atoms with Crippen LogP contribution in [-0.2, 0) is 9.59 Å². The first kappa shape index (κ1) is 46.9. The molecule has 0 radical (unpaired) electrons. The predicted octanol–water partition coefficient (Wildman–Crippen LogP) is 7.79. The van der Waals surface area contributed by atoms with Gasteiger partial charge in [-0.05, 0) is 54.8 Å². The van der Waals surface area contributed by atoms with E-state index in [2.05, 4.69) is 37.9 Å². The third-order valence-electron chi connectivity index (χ3n) is 8.55. The molecule has 20 heteroatoms. The average molecular weight is 896 g/mol. The minimum Gasteiger partial charge on any atom is -0.475 e. The van der Waals surface area contributed by atoms with Gasteiger partial charge in [0.05, 0.1) is 21.2 Å². The van der Waals surface area contributed by atoms with Crippen LogP contribution in [0, 0.1) is 5.41 Å². The average Bonchev–Trinajstić information content (AvgIpc) is 3.89. The lowest BCUT2D eigenvalue weighted by Gasteiger charge is -2.31. The van der Waals surface area contributed by atoms with Crippen LogP contribution in [0.3, 0.4) is 0 Å². The minimum absolute atomic E-state index is 0.112. The number of nitrogens with one attached hydrogen (secondary N) is 1. The van der Waals surface area contributed by atoms with Gasteiger partial charge in [-0.15, -0.1) is 20.4 Å². The zero-order chi connectivity index (χ0) is 43.8. The number of carbonyl (C=O) groups is 4. The van der Waals surface area contributed by atoms with Crippen molar-refractivity contribution >= 4 is 80.7 Å². The van der Waals surface area contributed by atoms with Crippen LogP contribution in [0.25, 0.3) is 32.3 Å². The van der Waals surface area contributed by atoms with Gasteiger partial charge in [0, 0.05) is 64.4 Å². The molecule has 316 valence electrons. The van der Waals surface area contributed by atoms with E-state index in [1.807, 2.05) is 37.8 Å². The van der Waals surface area contributed by atoms with E-state index >= 15 is 0 Å². The van der Waals surface area contributed by atoms with Gasteiger partial charge in [0.15, 0.2) is 0 Å². The summed E-state index contributed by atoms with van der Waals surface area (Å²) in [5.74, 6) is -2.85. The van der Waals surface area contributed by atoms with Crippen molar-refractivity contribution in [1.29, 1.82) is 0 Å². The van der Waals surface area contributed by atoms with E-state index in [0.29, 0.717) is 34.3 Å². The van der Waals surface area contributed by atoms with Gasteiger partial charge < -0.3 is 25.1 Å². The summed E-state index contributed by atoms with van der Waals surface area (Å²) >= 11 is 15.6. The van der Waals surface area contributed by atoms with Crippen LogP contribution in [0.4, 0.5) is 13.2 Å². The number of aliphatic carboxylic acids is 1. The van der Waals surface area contributed by atoms with Crippen molar-refractivity contribution in [2.24, 2.45) is 5.41 Å². The first-order chi connectivity index (χ1) is 27.6. The van der Waals surface area contributed by atoms with Crippen LogP contribution in [0.15, 0.2) is 48.6 Å². The standard InChI is InChI=1S/C21H25ClN4O2S.C16H17ClN4OS.C2HF3O2/c1-21(2,3)20(28)26-10-8-13(9-11-26)17-23-24-18(29-17)14-6-7-15(16(22)12-14)19(27)25(4)5;1-21(2)16(22)12-4-3-11(9-13(12)17)15-20-19-14(23-15)10-5-7-18-8-6-10;3-2(4,5)1(6)7/h6-8,12H,9-11H2,1-5H3;3-5,9,18H,6-8H2,1-2H3;(H,6,7). The van der Waals surface area contributed by atoms with E-state index in [4.69, 9.17) is 33.1 Å². The Morgan fingerprint density at radius 3 is 1.53 bits per heavy atom. The lowest BCUT2D eigenvalue weighted by Crippen LogP contribution is -2.41. The fraction of sp³-hybridized carbons (Fsp3) is 0.385. The molecular formula is C39H43Cl2F3N8O5S2. The molecule has 0 aliphatic carbocycles. The van der Waals surface area contributed by atoms with E-state index < -0.39 is 12.1 Å². The summed E-state index contributed by atoms with van der Waals surface area (Å²) in [7, 11) is 6.79. The second-order valence-electron chi connectivity index (χ2n) is 14.6. The van der Waals surface area contributed by atoms with Gasteiger partial charge in [-0.2, -0.15) is 13.2 Å². The van der Waals surface area contributed by atoms with Gasteiger partial charge in [-0.25, -0.2) is 4.79 Å². The molecule has 4 aromatic rings. The zero-order valence-corrected chi connectivity index (χ0v) is 36.4. The topological polar surface area (TPSA) is 162 Å². The highest BCUT2D eigenvalue weighted by molar-refractivity contribution is 7.16. The highest BCUT2D eigenvalue weighted by Crippen LogP contribution is 2.34. The van der Waals surface area contributed by atoms with Crippen molar-refractivity contribution in [3.05, 3.63) is 79.7 Å². The maximum Gasteiger partial charge on any atom is 0.490 e. The molecule has 0 atom stereocenters. The summed E-state index contributed by atoms with van der Waals surface area (Å²) in [5, 5.41) is 31.8. The monoisotopic (exact) mass is 894 g/mol. The maximum absolute atomic E-state index is 12.4. The molecule has 0 unspecified atom stereocenters. The number of hydrogen-bond donors (Lipinski definition) is 2. The number of amides is 3. The van der Waals surface area contributed by atoms with Crippen molar-refractivity contribution < 1.29 is 37.5 Å². The lowest BCUT2D eigenvalue weighted by molar-refractivity contribution is -0.192. The number of hydrogen-bond acceptors (Lipinski definition) is 11. The quantitative estimate of drug-likeness (QED) is 0.196. The Morgan fingerprint density at radius 2 is 1.19 bits per heavy atom. The summed E-state index contributed by atoms with van der Waals surface area (Å²) < 4.78 is 31.7. The molecule has 2 aromatic carbocycles. The third-order valence-corrected chi connectivity index (χ3v) is 11.3. The summed E-state index contributed by atoms with van der Waals surface area (Å²) in [5.41, 5.74) is 4.63. The molecule has 2 aliphatic heterocycles. The highest BCUT2D eigenvalue weighted by atomic mass is 35.5. The van der Waals surface area contributed by atoms with Crippen molar-refractivity contribution in [1.82, 2.24) is 40.4 Å². The van der Waals surface area contributed by atoms with Gasteiger partial charge in [-0.1, -0.05) is 90.9 Å². The number of halogens is 5. The molecule has 0 bridgehead atoms. The fourth-order valence-corrected chi connectivity index (χ4v) is 7.74. The van der Waals surface area contributed by atoms with Crippen LogP contribution >= 0.6 is 45.9 Å². The lowest BCUT2D eigenvalue weighted by atomic mass is 9.93. The summed E-state index contributed by atoms with van der Waals surface area (Å²) in [6.07, 6.45) is 0.849. The Hall–Kier alpha value is -4.75. The van der Waals surface area contributed by atoms with Gasteiger partial charge in [0.25, 0.3) is 11.8 Å². The molecule has 6 rings (SSSR count). The van der Waals surface area contributed by atoms with E-state index in [0.717, 1.165) is 62.7 Å². The second kappa shape index (κ2) is 20.0. The summed E-state index contributed by atoms with van der Waals surface area (Å²) in [4.78, 5) is 50.4. The Labute approximate surface area is 357 Å². The normalized spacial score (nSPS) is 14.1. The van der Waals surface area contributed by atoms with E-state index in [1.165, 1.54) is 26.7 Å². The van der Waals surface area contributed by atoms with Gasteiger partial charge in [-0.3, -0.25) is 14.4 Å². The summed E-state index contributed by atoms with van der Waals surface area (Å²) in [6, 6.07) is 10.7. The number of aromatic nitrogens is 4. The Morgan fingerprint density at radius 1 is 0.746 bits per heavy atom. The number of carboxylic acids is 1. The highest BCUT2D eigenvalue weighted by Gasteiger charge is 2.38. The molecule has 4 heterocycles. The minimum atomic E-state index is -5.08. The van der Waals surface area contributed by atoms with Gasteiger partial charge in [0.1, 0.15) is 20.0 Å². The zero-order valence-electron chi connectivity index (χ0n) is 33.3. The van der Waals surface area contributed by atoms with Crippen molar-refractivity contribution in [2.75, 3.05) is 54.4 Å². The van der Waals surface area contributed by atoms with Crippen LogP contribution in [0.2, 0.25) is 10.0 Å². The predicted molar refractivity (Wildman–Crippen MR) is 225 cm³/mol. The molecule has 59 heavy (non-hydrogen) atoms. The number of rotatable bonds is 6. The Bertz CT molecular complexity index is 2250. The first-order valence-electron chi connectivity index (χ1n) is 18.0. The van der Waals surface area contributed by atoms with Crippen molar-refractivity contribution in [3.63, 3.8) is 0 Å². The molecule has 0 fully saturated rings. The maximum atomic E-state index is 12.4. The van der Waals surface area contributed by atoms with Crippen LogP contribution < -0.4 is 5.32 Å². The molecule has 0 spiro atoms. The van der Waals surface area contributed by atoms with Gasteiger partial charge >= 0.3 is 12.1 Å². The van der Waals surface area contributed by atoms with Crippen molar-refractivity contribution in [3.8, 4) is 21.1 Å². The molecule has 2 aromatic heterocycles. The van der Waals surface area contributed by atoms with Crippen LogP contribution in [0.5, 0.6) is 0 Å². The third kappa shape index (κ3) is 12.6. The van der Waals surface area contributed by atoms with E-state index in [-0.39, 0.29) is 23.1 Å². The largest absolute Gasteiger partial charge is 0.490 e. The summed E-state index contributed by atoms with van der Waals surface area (Å²) in [6.45, 7) is 8.93. The number of nitrogens with zero attached hydrogens (tertiary/aromatic N) is 7. The molecule has 0 saturated heterocycles. The van der Waals surface area contributed by atoms with Crippen LogP contribution in [0.1, 0.15) is 64.3 Å². The second-order valence-corrected chi connectivity index (χ2v) is 17.3. The number of carboxylic acid groups (broad SMARTS) is 1. The van der Waals surface area contributed by atoms with Crippen molar-refractivity contribution in [2.45, 2.75) is 39.8 Å². The van der Waals surface area contributed by atoms with E-state index in [1.54, 1.807) is 63.8 Å². The molecule has 0 saturated carbocycles. The first-order valence-corrected chi connectivity index (χ1v) is 20.4. The number of carbonyl (C=O) groups excluding carboxylic acids is 3. The number of alkyl halides is 3. The van der Waals surface area contributed by atoms with Gasteiger partial charge in [0.2, 0.25) is 5.91 Å². The molecule has 3 amide bonds. The smallest absolute Gasteiger partial charge is 0.475 e. The Balaban J connectivity index is 0.000000229. The molecular weight excluding hydrogens is 853 g/mol. The Kier molecular flexibility index (Phi) is 15.9.